The standard InChI is InChI=1S/C10H11N5/c11-14-5-7-1-2-9-8(3-4-13-9)10(7)15(12)6-14/h1-5H,6,11-12H2. The van der Waals surface area contributed by atoms with Crippen LogP contribution in [0.25, 0.3) is 12.3 Å². The van der Waals surface area contributed by atoms with Crippen LogP contribution in [0.15, 0.2) is 23.3 Å². The van der Waals surface area contributed by atoms with Gasteiger partial charge >= 0.3 is 0 Å². The predicted molar refractivity (Wildman–Crippen MR) is 58.3 cm³/mol. The Morgan fingerprint density at radius 2 is 2.13 bits per heavy atom. The SMILES string of the molecule is NN1C=c2ccc3c(c2N(N)C1)C=CN=3. The van der Waals surface area contributed by atoms with Crippen molar-refractivity contribution in [2.45, 2.75) is 0 Å². The van der Waals surface area contributed by atoms with Crippen LogP contribution >= 0.6 is 0 Å². The summed E-state index contributed by atoms with van der Waals surface area (Å²) in [5.41, 5.74) is 2.06. The Morgan fingerprint density at radius 3 is 3.00 bits per heavy atom. The van der Waals surface area contributed by atoms with Gasteiger partial charge in [-0.15, -0.1) is 0 Å². The maximum atomic E-state index is 5.93. The summed E-state index contributed by atoms with van der Waals surface area (Å²) in [6.07, 6.45) is 5.63. The Morgan fingerprint density at radius 1 is 1.27 bits per heavy atom. The normalized spacial score (nSPS) is 16.9. The molecule has 0 aromatic heterocycles. The minimum Gasteiger partial charge on any atom is -0.297 e. The van der Waals surface area contributed by atoms with Gasteiger partial charge in [0.2, 0.25) is 0 Å². The second kappa shape index (κ2) is 2.82. The number of nitrogens with zero attached hydrogens (tertiary/aromatic N) is 3. The van der Waals surface area contributed by atoms with Gasteiger partial charge in [0.1, 0.15) is 6.67 Å². The average Bonchev–Trinajstić information content (AvgIpc) is 2.63. The van der Waals surface area contributed by atoms with E-state index in [1.807, 2.05) is 24.4 Å². The molecule has 4 N–H and O–H groups in total. The van der Waals surface area contributed by atoms with Crippen molar-refractivity contribution in [3.63, 3.8) is 0 Å². The summed E-state index contributed by atoms with van der Waals surface area (Å²) in [5.74, 6) is 11.6. The molecule has 0 unspecified atom stereocenters. The fourth-order valence-corrected chi connectivity index (χ4v) is 1.97. The van der Waals surface area contributed by atoms with E-state index in [1.54, 1.807) is 16.2 Å². The first-order chi connectivity index (χ1) is 7.25. The summed E-state index contributed by atoms with van der Waals surface area (Å²) < 4.78 is 0. The molecule has 0 atom stereocenters. The first kappa shape index (κ1) is 8.46. The van der Waals surface area contributed by atoms with Gasteiger partial charge in [-0.1, -0.05) is 0 Å². The third kappa shape index (κ3) is 1.14. The summed E-state index contributed by atoms with van der Waals surface area (Å²) in [5, 5.41) is 5.18. The highest BCUT2D eigenvalue weighted by atomic mass is 15.6. The van der Waals surface area contributed by atoms with Crippen LogP contribution in [-0.2, 0) is 0 Å². The molecule has 76 valence electrons. The zero-order valence-electron chi connectivity index (χ0n) is 8.09. The Hall–Kier alpha value is -1.85. The molecule has 0 aliphatic carbocycles. The van der Waals surface area contributed by atoms with Gasteiger partial charge in [-0.3, -0.25) is 15.0 Å². The molecule has 5 heteroatoms. The maximum Gasteiger partial charge on any atom is 0.119 e. The van der Waals surface area contributed by atoms with Crippen molar-refractivity contribution in [1.29, 1.82) is 0 Å². The van der Waals surface area contributed by atoms with Crippen molar-refractivity contribution in [2.24, 2.45) is 16.7 Å². The highest BCUT2D eigenvalue weighted by Crippen LogP contribution is 2.16. The molecule has 1 aromatic carbocycles. The van der Waals surface area contributed by atoms with E-state index in [0.29, 0.717) is 6.67 Å². The van der Waals surface area contributed by atoms with E-state index in [0.717, 1.165) is 21.8 Å². The van der Waals surface area contributed by atoms with Crippen molar-refractivity contribution in [3.8, 4) is 0 Å². The zero-order valence-corrected chi connectivity index (χ0v) is 8.09. The fraction of sp³-hybridized carbons (Fsp3) is 0.100. The molecule has 0 spiro atoms. The van der Waals surface area contributed by atoms with Gasteiger partial charge in [-0.2, -0.15) is 0 Å². The van der Waals surface area contributed by atoms with Crippen molar-refractivity contribution >= 4 is 18.0 Å². The number of fused-ring (bicyclic) bond motifs is 3. The summed E-state index contributed by atoms with van der Waals surface area (Å²) in [4.78, 5) is 4.24. The minimum atomic E-state index is 0.483. The second-order valence-corrected chi connectivity index (χ2v) is 3.64. The Kier molecular flexibility index (Phi) is 1.59. The fourth-order valence-electron chi connectivity index (χ4n) is 1.97. The highest BCUT2D eigenvalue weighted by Gasteiger charge is 2.16. The molecule has 1 aromatic rings. The third-order valence-electron chi connectivity index (χ3n) is 2.59. The average molecular weight is 201 g/mol. The molecular formula is C10H11N5. The lowest BCUT2D eigenvalue weighted by Gasteiger charge is -2.29. The molecule has 5 nitrogen and oxygen atoms in total. The topological polar surface area (TPSA) is 70.9 Å². The highest BCUT2D eigenvalue weighted by molar-refractivity contribution is 5.70. The monoisotopic (exact) mass is 201 g/mol. The molecule has 2 aliphatic rings. The van der Waals surface area contributed by atoms with E-state index >= 15 is 0 Å². The Balaban J connectivity index is 2.38. The van der Waals surface area contributed by atoms with Crippen molar-refractivity contribution < 1.29 is 0 Å². The molecule has 0 saturated heterocycles. The zero-order chi connectivity index (χ0) is 10.4. The van der Waals surface area contributed by atoms with Crippen molar-refractivity contribution in [3.05, 3.63) is 34.5 Å². The number of rotatable bonds is 0. The van der Waals surface area contributed by atoms with Gasteiger partial charge < -0.3 is 0 Å². The van der Waals surface area contributed by atoms with E-state index in [2.05, 4.69) is 4.99 Å². The lowest BCUT2D eigenvalue weighted by atomic mass is 10.1. The first-order valence-corrected chi connectivity index (χ1v) is 4.68. The lowest BCUT2D eigenvalue weighted by Crippen LogP contribution is -2.50. The number of hydrazine groups is 2. The molecule has 0 fully saturated rings. The predicted octanol–water partition coefficient (Wildman–Crippen LogP) is -1.14. The molecule has 3 rings (SSSR count). The summed E-state index contributed by atoms with van der Waals surface area (Å²) >= 11 is 0. The number of hydrogen-bond donors (Lipinski definition) is 2. The van der Waals surface area contributed by atoms with Crippen molar-refractivity contribution in [1.82, 2.24) is 5.01 Å². The van der Waals surface area contributed by atoms with E-state index in [4.69, 9.17) is 11.7 Å². The second-order valence-electron chi connectivity index (χ2n) is 3.64. The van der Waals surface area contributed by atoms with Crippen LogP contribution in [-0.4, -0.2) is 11.7 Å². The molecule has 2 aliphatic heterocycles. The largest absolute Gasteiger partial charge is 0.297 e. The van der Waals surface area contributed by atoms with Gasteiger partial charge in [-0.25, -0.2) is 11.7 Å². The van der Waals surface area contributed by atoms with E-state index in [-0.39, 0.29) is 0 Å². The molecule has 0 bridgehead atoms. The van der Waals surface area contributed by atoms with Crippen LogP contribution in [0.1, 0.15) is 5.56 Å². The number of anilines is 1. The van der Waals surface area contributed by atoms with Crippen LogP contribution in [0.2, 0.25) is 0 Å². The quantitative estimate of drug-likeness (QED) is 0.520. The minimum absolute atomic E-state index is 0.483. The Labute approximate surface area is 86.5 Å². The van der Waals surface area contributed by atoms with Crippen LogP contribution < -0.4 is 27.3 Å². The molecule has 2 heterocycles. The first-order valence-electron chi connectivity index (χ1n) is 4.68. The van der Waals surface area contributed by atoms with E-state index in [1.165, 1.54) is 0 Å². The van der Waals surface area contributed by atoms with Crippen LogP contribution in [0, 0.1) is 0 Å². The number of benzene rings is 1. The maximum absolute atomic E-state index is 5.93. The van der Waals surface area contributed by atoms with Crippen LogP contribution in [0.5, 0.6) is 0 Å². The number of hydrogen-bond acceptors (Lipinski definition) is 5. The van der Waals surface area contributed by atoms with Crippen LogP contribution in [0.4, 0.5) is 5.69 Å². The van der Waals surface area contributed by atoms with Crippen molar-refractivity contribution in [2.75, 3.05) is 11.7 Å². The van der Waals surface area contributed by atoms with Gasteiger partial charge in [0.05, 0.1) is 11.0 Å². The Bertz CT molecular complexity index is 560. The lowest BCUT2D eigenvalue weighted by molar-refractivity contribution is 0.417. The van der Waals surface area contributed by atoms with Gasteiger partial charge in [-0.05, 0) is 18.2 Å². The summed E-state index contributed by atoms with van der Waals surface area (Å²) in [6.45, 7) is 0.483. The summed E-state index contributed by atoms with van der Waals surface area (Å²) in [6, 6.07) is 3.95. The van der Waals surface area contributed by atoms with Gasteiger partial charge in [0, 0.05) is 23.2 Å². The molecule has 0 amide bonds. The third-order valence-corrected chi connectivity index (χ3v) is 2.59. The van der Waals surface area contributed by atoms with E-state index in [9.17, 15) is 0 Å². The smallest absolute Gasteiger partial charge is 0.119 e. The van der Waals surface area contributed by atoms with E-state index < -0.39 is 0 Å². The molecule has 0 radical (unpaired) electrons. The summed E-state index contributed by atoms with van der Waals surface area (Å²) in [7, 11) is 0. The molecule has 0 saturated carbocycles. The van der Waals surface area contributed by atoms with Gasteiger partial charge in [0.25, 0.3) is 0 Å². The van der Waals surface area contributed by atoms with Crippen LogP contribution in [0.3, 0.4) is 0 Å². The van der Waals surface area contributed by atoms with Gasteiger partial charge in [0.15, 0.2) is 0 Å². The molecular weight excluding hydrogens is 190 g/mol. The molecule has 15 heavy (non-hydrogen) atoms. The number of nitrogens with two attached hydrogens (primary N) is 2.